The van der Waals surface area contributed by atoms with Gasteiger partial charge in [-0.15, -0.1) is 0 Å². The number of fused-ring (bicyclic) bond motifs is 1. The predicted octanol–water partition coefficient (Wildman–Crippen LogP) is 4.97. The minimum atomic E-state index is -0.589. The van der Waals surface area contributed by atoms with Gasteiger partial charge in [0.15, 0.2) is 11.6 Å². The Morgan fingerprint density at radius 1 is 1.12 bits per heavy atom. The summed E-state index contributed by atoms with van der Waals surface area (Å²) in [5.41, 5.74) is 1.89. The van der Waals surface area contributed by atoms with Gasteiger partial charge in [-0.25, -0.2) is 9.78 Å². The maximum absolute atomic E-state index is 12.7. The number of pyridine rings is 1. The molecule has 4 rings (SSSR count). The van der Waals surface area contributed by atoms with E-state index in [9.17, 15) is 9.59 Å². The standard InChI is InChI=1S/C25H23ClN4O4/c1-3-33-25(32)18-15-27-30(22-14-16(2)17-8-4-6-10-20(17)28-22)24(18)29-23(31)12-13-34-21-11-7-5-9-19(21)26/h4-11,14-15H,3,12-13H2,1-2H3,(H,29,31). The second-order valence-corrected chi connectivity index (χ2v) is 7.84. The van der Waals surface area contributed by atoms with E-state index in [1.165, 1.54) is 10.9 Å². The normalized spacial score (nSPS) is 10.8. The number of esters is 1. The molecule has 1 amide bonds. The van der Waals surface area contributed by atoms with Crippen LogP contribution in [0.15, 0.2) is 60.8 Å². The number of benzene rings is 2. The first-order valence-electron chi connectivity index (χ1n) is 10.8. The molecule has 2 heterocycles. The van der Waals surface area contributed by atoms with Crippen molar-refractivity contribution in [2.45, 2.75) is 20.3 Å². The maximum Gasteiger partial charge on any atom is 0.343 e. The third-order valence-electron chi connectivity index (χ3n) is 5.07. The number of hydrogen-bond acceptors (Lipinski definition) is 6. The quantitative estimate of drug-likeness (QED) is 0.359. The van der Waals surface area contributed by atoms with Gasteiger partial charge in [-0.1, -0.05) is 41.9 Å². The van der Waals surface area contributed by atoms with Gasteiger partial charge in [-0.05, 0) is 43.7 Å². The second kappa shape index (κ2) is 10.4. The van der Waals surface area contributed by atoms with Crippen LogP contribution in [0.25, 0.3) is 16.7 Å². The molecule has 0 aliphatic heterocycles. The molecule has 0 unspecified atom stereocenters. The average Bonchev–Trinajstić information content (AvgIpc) is 3.24. The van der Waals surface area contributed by atoms with Gasteiger partial charge in [0.25, 0.3) is 0 Å². The van der Waals surface area contributed by atoms with Crippen molar-refractivity contribution in [1.29, 1.82) is 0 Å². The van der Waals surface area contributed by atoms with Crippen LogP contribution >= 0.6 is 11.6 Å². The molecule has 0 fully saturated rings. The predicted molar refractivity (Wildman–Crippen MR) is 130 cm³/mol. The zero-order valence-corrected chi connectivity index (χ0v) is 19.5. The molecule has 0 aliphatic carbocycles. The van der Waals surface area contributed by atoms with E-state index < -0.39 is 5.97 Å². The topological polar surface area (TPSA) is 95.3 Å². The van der Waals surface area contributed by atoms with Crippen LogP contribution < -0.4 is 10.1 Å². The van der Waals surface area contributed by atoms with Crippen molar-refractivity contribution in [2.75, 3.05) is 18.5 Å². The fourth-order valence-corrected chi connectivity index (χ4v) is 3.64. The molecule has 0 saturated heterocycles. The van der Waals surface area contributed by atoms with Crippen LogP contribution in [-0.2, 0) is 9.53 Å². The average molecular weight is 479 g/mol. The summed E-state index contributed by atoms with van der Waals surface area (Å²) in [5, 5.41) is 8.56. The number of aromatic nitrogens is 3. The van der Waals surface area contributed by atoms with Crippen molar-refractivity contribution in [3.8, 4) is 11.6 Å². The first kappa shape index (κ1) is 23.3. The highest BCUT2D eigenvalue weighted by atomic mass is 35.5. The summed E-state index contributed by atoms with van der Waals surface area (Å²) in [6.07, 6.45) is 1.39. The summed E-state index contributed by atoms with van der Waals surface area (Å²) < 4.78 is 12.2. The van der Waals surface area contributed by atoms with E-state index in [2.05, 4.69) is 15.4 Å². The smallest absolute Gasteiger partial charge is 0.343 e. The molecule has 34 heavy (non-hydrogen) atoms. The molecule has 0 saturated carbocycles. The summed E-state index contributed by atoms with van der Waals surface area (Å²) in [6.45, 7) is 3.97. The van der Waals surface area contributed by atoms with E-state index in [4.69, 9.17) is 21.1 Å². The summed E-state index contributed by atoms with van der Waals surface area (Å²) in [6, 6.07) is 16.6. The highest BCUT2D eigenvalue weighted by molar-refractivity contribution is 6.32. The van der Waals surface area contributed by atoms with Gasteiger partial charge in [0.05, 0.1) is 36.4 Å². The number of ether oxygens (including phenoxy) is 2. The van der Waals surface area contributed by atoms with Crippen molar-refractivity contribution in [3.05, 3.63) is 76.9 Å². The molecule has 0 spiro atoms. The lowest BCUT2D eigenvalue weighted by molar-refractivity contribution is -0.116. The number of anilines is 1. The van der Waals surface area contributed by atoms with Crippen LogP contribution in [0.1, 0.15) is 29.3 Å². The minimum Gasteiger partial charge on any atom is -0.491 e. The Morgan fingerprint density at radius 3 is 2.68 bits per heavy atom. The zero-order valence-electron chi connectivity index (χ0n) is 18.7. The third-order valence-corrected chi connectivity index (χ3v) is 5.38. The van der Waals surface area contributed by atoms with Crippen molar-refractivity contribution in [1.82, 2.24) is 14.8 Å². The number of para-hydroxylation sites is 2. The molecule has 0 atom stereocenters. The van der Waals surface area contributed by atoms with E-state index in [1.807, 2.05) is 37.3 Å². The van der Waals surface area contributed by atoms with E-state index >= 15 is 0 Å². The van der Waals surface area contributed by atoms with Crippen molar-refractivity contribution >= 4 is 40.2 Å². The molecule has 0 bridgehead atoms. The van der Waals surface area contributed by atoms with Crippen molar-refractivity contribution < 1.29 is 19.1 Å². The van der Waals surface area contributed by atoms with Gasteiger partial charge in [-0.3, -0.25) is 4.79 Å². The third kappa shape index (κ3) is 5.02. The summed E-state index contributed by atoms with van der Waals surface area (Å²) in [4.78, 5) is 29.9. The molecule has 9 heteroatoms. The molecule has 0 radical (unpaired) electrons. The Kier molecular flexibility index (Phi) is 7.08. The largest absolute Gasteiger partial charge is 0.491 e. The van der Waals surface area contributed by atoms with E-state index in [1.54, 1.807) is 31.2 Å². The molecule has 2 aromatic carbocycles. The molecule has 8 nitrogen and oxygen atoms in total. The number of carbonyl (C=O) groups excluding carboxylic acids is 2. The number of nitrogens with zero attached hydrogens (tertiary/aromatic N) is 3. The molecular formula is C25H23ClN4O4. The van der Waals surface area contributed by atoms with Gasteiger partial charge in [0.2, 0.25) is 5.91 Å². The monoisotopic (exact) mass is 478 g/mol. The molecule has 4 aromatic rings. The van der Waals surface area contributed by atoms with Gasteiger partial charge in [-0.2, -0.15) is 9.78 Å². The highest BCUT2D eigenvalue weighted by Crippen LogP contribution is 2.25. The minimum absolute atomic E-state index is 0.0306. The van der Waals surface area contributed by atoms with Crippen LogP contribution in [0.5, 0.6) is 5.75 Å². The Morgan fingerprint density at radius 2 is 1.88 bits per heavy atom. The van der Waals surface area contributed by atoms with Crippen LogP contribution in [-0.4, -0.2) is 39.9 Å². The molecule has 2 aromatic heterocycles. The van der Waals surface area contributed by atoms with Gasteiger partial charge in [0.1, 0.15) is 11.3 Å². The maximum atomic E-state index is 12.7. The number of aryl methyl sites for hydroxylation is 1. The number of hydrogen-bond donors (Lipinski definition) is 1. The lowest BCUT2D eigenvalue weighted by Gasteiger charge is -2.13. The number of amides is 1. The summed E-state index contributed by atoms with van der Waals surface area (Å²) in [7, 11) is 0. The van der Waals surface area contributed by atoms with Crippen molar-refractivity contribution in [3.63, 3.8) is 0 Å². The van der Waals surface area contributed by atoms with Crippen LogP contribution in [0.4, 0.5) is 5.82 Å². The molecule has 0 aliphatic rings. The number of rotatable bonds is 8. The van der Waals surface area contributed by atoms with Crippen LogP contribution in [0, 0.1) is 6.92 Å². The Hall–Kier alpha value is -3.91. The first-order valence-corrected chi connectivity index (χ1v) is 11.1. The van der Waals surface area contributed by atoms with E-state index in [0.717, 1.165) is 16.5 Å². The number of carbonyl (C=O) groups is 2. The van der Waals surface area contributed by atoms with E-state index in [0.29, 0.717) is 16.6 Å². The number of halogens is 1. The van der Waals surface area contributed by atoms with Gasteiger partial charge in [0, 0.05) is 5.39 Å². The highest BCUT2D eigenvalue weighted by Gasteiger charge is 2.22. The fraction of sp³-hybridized carbons (Fsp3) is 0.200. The molecule has 1 N–H and O–H groups in total. The van der Waals surface area contributed by atoms with Crippen LogP contribution in [0.3, 0.4) is 0 Å². The molecular weight excluding hydrogens is 456 g/mol. The van der Waals surface area contributed by atoms with Gasteiger partial charge < -0.3 is 14.8 Å². The Balaban J connectivity index is 1.60. The fourth-order valence-electron chi connectivity index (χ4n) is 3.45. The van der Waals surface area contributed by atoms with Crippen LogP contribution in [0.2, 0.25) is 5.02 Å². The second-order valence-electron chi connectivity index (χ2n) is 7.43. The van der Waals surface area contributed by atoms with Crippen molar-refractivity contribution in [2.24, 2.45) is 0 Å². The Bertz CT molecular complexity index is 1350. The SMILES string of the molecule is CCOC(=O)c1cnn(-c2cc(C)c3ccccc3n2)c1NC(=O)CCOc1ccccc1Cl. The zero-order chi connectivity index (χ0) is 24.1. The summed E-state index contributed by atoms with van der Waals surface area (Å²) >= 11 is 6.09. The lowest BCUT2D eigenvalue weighted by Crippen LogP contribution is -2.20. The Labute approximate surface area is 201 Å². The van der Waals surface area contributed by atoms with E-state index in [-0.39, 0.29) is 36.9 Å². The first-order chi connectivity index (χ1) is 16.5. The summed E-state index contributed by atoms with van der Waals surface area (Å²) in [5.74, 6) is 0.188. The lowest BCUT2D eigenvalue weighted by atomic mass is 10.1. The van der Waals surface area contributed by atoms with Gasteiger partial charge >= 0.3 is 5.97 Å². The molecule has 174 valence electrons. The number of nitrogens with one attached hydrogen (secondary N) is 1.